The Bertz CT molecular complexity index is 2170. The lowest BCUT2D eigenvalue weighted by atomic mass is 9.80. The minimum Gasteiger partial charge on any atom is -0.507 e. The number of unbranched alkanes of at least 4 members (excludes halogenated alkanes) is 9. The topological polar surface area (TPSA) is 194 Å². The summed E-state index contributed by atoms with van der Waals surface area (Å²) in [5.74, 6) is 0.812. The Balaban J connectivity index is -0.00000171. The number of aromatic nitrogens is 3. The van der Waals surface area contributed by atoms with Crippen molar-refractivity contribution in [3.8, 4) is 62.9 Å². The summed E-state index contributed by atoms with van der Waals surface area (Å²) < 4.78 is 27.8. The molecule has 2 atom stereocenters. The predicted molar refractivity (Wildman–Crippen MR) is 302 cm³/mol. The van der Waals surface area contributed by atoms with Crippen LogP contribution >= 0.6 is 0 Å². The summed E-state index contributed by atoms with van der Waals surface area (Å²) in [5.41, 5.74) is 1.16. The van der Waals surface area contributed by atoms with Crippen molar-refractivity contribution >= 4 is 23.5 Å². The van der Waals surface area contributed by atoms with Gasteiger partial charge in [-0.25, -0.2) is 19.7 Å². The number of ether oxygens (including phenoxy) is 5. The number of methoxy groups -OCH3 is 1. The zero-order valence-corrected chi connectivity index (χ0v) is 37.8. The number of carbonyl (C=O) groups excluding carboxylic acids is 4. The van der Waals surface area contributed by atoms with Crippen LogP contribution in [0.2, 0.25) is 0 Å². The molecule has 416 valence electrons. The summed E-state index contributed by atoms with van der Waals surface area (Å²) in [4.78, 5) is 62.2. The fraction of sp³-hybridized carbons (Fsp3) is 0.576. The number of Topliss-reactive ketones (excluding diaryl/α,β-unsaturated/α-hetero) is 2. The molecular weight excluding hydrogens is 927 g/mol. The largest absolute Gasteiger partial charge is 0.507 e. The molecule has 1 aliphatic carbocycles. The summed E-state index contributed by atoms with van der Waals surface area (Å²) in [5, 5.41) is 22.2. The van der Waals surface area contributed by atoms with E-state index in [0.717, 1.165) is 83.5 Å². The highest BCUT2D eigenvalue weighted by molar-refractivity contribution is 5.81. The van der Waals surface area contributed by atoms with E-state index in [0.29, 0.717) is 30.3 Å². The quantitative estimate of drug-likeness (QED) is 0.0470. The first kappa shape index (κ1) is 75.9. The van der Waals surface area contributed by atoms with Crippen LogP contribution in [0.5, 0.6) is 28.7 Å². The number of phenolic OH excluding ortho intramolecular Hbond substituents is 2. The van der Waals surface area contributed by atoms with Gasteiger partial charge in [0.2, 0.25) is 0 Å². The molecule has 1 saturated carbocycles. The highest BCUT2D eigenvalue weighted by Crippen LogP contribution is 2.36. The molecule has 0 bridgehead atoms. The van der Waals surface area contributed by atoms with Gasteiger partial charge >= 0.3 is 11.9 Å². The van der Waals surface area contributed by atoms with Crippen LogP contribution in [0.3, 0.4) is 0 Å². The van der Waals surface area contributed by atoms with Crippen molar-refractivity contribution in [2.24, 2.45) is 11.8 Å². The van der Waals surface area contributed by atoms with Gasteiger partial charge in [-0.1, -0.05) is 118 Å². The Kier molecular flexibility index (Phi) is 40.1. The first-order valence-electron chi connectivity index (χ1n) is 22.6. The molecule has 14 nitrogen and oxygen atoms in total. The molecular formula is C59H99N3O11. The number of ketones is 2. The van der Waals surface area contributed by atoms with Gasteiger partial charge in [-0.3, -0.25) is 14.4 Å². The fourth-order valence-electron chi connectivity index (χ4n) is 7.51. The summed E-state index contributed by atoms with van der Waals surface area (Å²) in [6, 6.07) is 16.2. The highest BCUT2D eigenvalue weighted by atomic mass is 16.6. The van der Waals surface area contributed by atoms with Crippen molar-refractivity contribution in [3.05, 3.63) is 60.7 Å². The molecule has 0 aliphatic heterocycles. The Morgan fingerprint density at radius 1 is 0.521 bits per heavy atom. The summed E-state index contributed by atoms with van der Waals surface area (Å²) in [6.07, 6.45) is 11.9. The average molecular weight is 1030 g/mol. The maximum atomic E-state index is 12.8. The highest BCUT2D eigenvalue weighted by Gasteiger charge is 2.29. The number of hydrogen-bond acceptors (Lipinski definition) is 14. The molecule has 73 heavy (non-hydrogen) atoms. The fourth-order valence-corrected chi connectivity index (χ4v) is 7.51. The maximum Gasteiger partial charge on any atom is 0.347 e. The van der Waals surface area contributed by atoms with Crippen molar-refractivity contribution in [2.45, 2.75) is 197 Å². The van der Waals surface area contributed by atoms with Gasteiger partial charge < -0.3 is 33.9 Å². The third-order valence-corrected chi connectivity index (χ3v) is 11.6. The molecule has 0 radical (unpaired) electrons. The van der Waals surface area contributed by atoms with Gasteiger partial charge in [0.15, 0.2) is 35.5 Å². The van der Waals surface area contributed by atoms with Crippen LogP contribution in [0.25, 0.3) is 34.2 Å². The Hall–Kier alpha value is -6.05. The summed E-state index contributed by atoms with van der Waals surface area (Å²) >= 11 is 0. The molecule has 1 heterocycles. The van der Waals surface area contributed by atoms with E-state index in [1.165, 1.54) is 25.5 Å². The van der Waals surface area contributed by atoms with Crippen LogP contribution in [0.4, 0.5) is 0 Å². The standard InChI is InChI=1S/C50H63N3O11.9CH4/c1-32(54)34(3)63-40-24-26-42(44(56)30-40)47-51-46(37-20-22-39(60-5)23-21-37)52-48(53-47)43-27-25-41(31-45(43)57)64-35(4)49(58)61-28-14-12-10-8-6-7-9-11-13-15-29-62-50(59)38-18-16-36(17-19-38)33(2)55;;;;;;;;;/h20-27,30-31,34-36,38,56-57H,6-19,28-29H2,1-5H3;9*1H4. The third-order valence-electron chi connectivity index (χ3n) is 11.6. The van der Waals surface area contributed by atoms with E-state index >= 15 is 0 Å². The molecule has 0 saturated heterocycles. The van der Waals surface area contributed by atoms with Gasteiger partial charge in [0.1, 0.15) is 34.5 Å². The average Bonchev–Trinajstić information content (AvgIpc) is 3.28. The van der Waals surface area contributed by atoms with Crippen LogP contribution in [0, 0.1) is 11.8 Å². The van der Waals surface area contributed by atoms with Crippen LogP contribution in [-0.2, 0) is 28.7 Å². The van der Waals surface area contributed by atoms with Gasteiger partial charge in [-0.2, -0.15) is 0 Å². The van der Waals surface area contributed by atoms with Gasteiger partial charge in [-0.15, -0.1) is 0 Å². The molecule has 1 aliphatic rings. The number of phenols is 2. The molecule has 0 spiro atoms. The Morgan fingerprint density at radius 3 is 1.32 bits per heavy atom. The van der Waals surface area contributed by atoms with E-state index in [9.17, 15) is 29.4 Å². The SMILES string of the molecule is C.C.C.C.C.C.C.C.C.COc1ccc(-c2nc(-c3ccc(OC(C)C(C)=O)cc3O)nc(-c3ccc(OC(C)C(=O)OCCCCCCCCCCCCOC(=O)C4CCC(C(C)=O)CC4)cc3O)n2)cc1. The maximum absolute atomic E-state index is 12.8. The van der Waals surface area contributed by atoms with Crippen LogP contribution in [0.15, 0.2) is 60.7 Å². The van der Waals surface area contributed by atoms with Crippen LogP contribution in [-0.4, -0.2) is 81.2 Å². The molecule has 14 heteroatoms. The van der Waals surface area contributed by atoms with Crippen molar-refractivity contribution < 1.29 is 53.1 Å². The smallest absolute Gasteiger partial charge is 0.347 e. The lowest BCUT2D eigenvalue weighted by molar-refractivity contribution is -0.151. The normalized spacial score (nSPS) is 13.8. The van der Waals surface area contributed by atoms with Gasteiger partial charge in [0.05, 0.1) is 37.4 Å². The van der Waals surface area contributed by atoms with Crippen LogP contribution < -0.4 is 14.2 Å². The van der Waals surface area contributed by atoms with Crippen molar-refractivity contribution in [3.63, 3.8) is 0 Å². The molecule has 1 fully saturated rings. The zero-order chi connectivity index (χ0) is 46.0. The van der Waals surface area contributed by atoms with E-state index in [-0.39, 0.29) is 142 Å². The molecule has 3 aromatic carbocycles. The van der Waals surface area contributed by atoms with E-state index in [2.05, 4.69) is 15.0 Å². The zero-order valence-electron chi connectivity index (χ0n) is 37.8. The number of nitrogens with zero attached hydrogens (tertiary/aromatic N) is 3. The second-order valence-electron chi connectivity index (χ2n) is 16.6. The predicted octanol–water partition coefficient (Wildman–Crippen LogP) is 15.5. The minimum absolute atomic E-state index is 0. The molecule has 0 amide bonds. The monoisotopic (exact) mass is 1030 g/mol. The van der Waals surface area contributed by atoms with E-state index in [1.807, 2.05) is 0 Å². The van der Waals surface area contributed by atoms with E-state index in [4.69, 9.17) is 23.7 Å². The van der Waals surface area contributed by atoms with Gasteiger partial charge in [-0.05, 0) is 115 Å². The first-order valence-corrected chi connectivity index (χ1v) is 22.6. The number of rotatable bonds is 25. The number of esters is 2. The second-order valence-corrected chi connectivity index (χ2v) is 16.6. The molecule has 1 aromatic heterocycles. The van der Waals surface area contributed by atoms with Gasteiger partial charge in [0.25, 0.3) is 0 Å². The second kappa shape index (κ2) is 38.6. The Morgan fingerprint density at radius 2 is 0.904 bits per heavy atom. The van der Waals surface area contributed by atoms with Gasteiger partial charge in [0, 0.05) is 23.6 Å². The third kappa shape index (κ3) is 23.6. The van der Waals surface area contributed by atoms with Crippen LogP contribution in [0.1, 0.15) is 184 Å². The molecule has 2 unspecified atom stereocenters. The van der Waals surface area contributed by atoms with E-state index in [1.54, 1.807) is 76.4 Å². The van der Waals surface area contributed by atoms with E-state index < -0.39 is 18.2 Å². The minimum atomic E-state index is -0.922. The first-order chi connectivity index (χ1) is 30.8. The lowest BCUT2D eigenvalue weighted by Crippen LogP contribution is -2.26. The van der Waals surface area contributed by atoms with Crippen molar-refractivity contribution in [2.75, 3.05) is 20.3 Å². The van der Waals surface area contributed by atoms with Crippen molar-refractivity contribution in [1.82, 2.24) is 15.0 Å². The molecule has 4 aromatic rings. The summed E-state index contributed by atoms with van der Waals surface area (Å²) in [6.45, 7) is 7.04. The van der Waals surface area contributed by atoms with Crippen molar-refractivity contribution in [1.29, 1.82) is 0 Å². The lowest BCUT2D eigenvalue weighted by Gasteiger charge is -2.25. The molecule has 2 N–H and O–H groups in total. The number of carbonyl (C=O) groups is 4. The Labute approximate surface area is 442 Å². The number of aromatic hydroxyl groups is 2. The molecule has 5 rings (SSSR count). The number of hydrogen-bond donors (Lipinski definition) is 2. The summed E-state index contributed by atoms with van der Waals surface area (Å²) in [7, 11) is 1.56. The number of benzene rings is 3.